The number of benzene rings is 1. The Bertz CT molecular complexity index is 882. The predicted molar refractivity (Wildman–Crippen MR) is 84.7 cm³/mol. The maximum absolute atomic E-state index is 12.4. The lowest BCUT2D eigenvalue weighted by molar-refractivity contribution is 0.225. The number of allylic oxidation sites excluding steroid dienone is 1. The molecular formula is C15H18N2O4S. The van der Waals surface area contributed by atoms with E-state index in [1.807, 2.05) is 13.0 Å². The minimum absolute atomic E-state index is 0.114. The van der Waals surface area contributed by atoms with Gasteiger partial charge in [-0.2, -0.15) is 0 Å². The van der Waals surface area contributed by atoms with E-state index >= 15 is 0 Å². The van der Waals surface area contributed by atoms with Crippen LogP contribution in [0.15, 0.2) is 45.9 Å². The highest BCUT2D eigenvalue weighted by Gasteiger charge is 2.10. The molecule has 0 bridgehead atoms. The zero-order valence-corrected chi connectivity index (χ0v) is 13.6. The van der Waals surface area contributed by atoms with Gasteiger partial charge in [-0.05, 0) is 25.1 Å². The smallest absolute Gasteiger partial charge is 0.261 e. The fraction of sp³-hybridized carbons (Fsp3) is 0.333. The lowest BCUT2D eigenvalue weighted by Gasteiger charge is -2.06. The average molecular weight is 322 g/mol. The van der Waals surface area contributed by atoms with Crippen LogP contribution in [0.2, 0.25) is 0 Å². The van der Waals surface area contributed by atoms with Crippen molar-refractivity contribution in [3.8, 4) is 0 Å². The van der Waals surface area contributed by atoms with Crippen molar-refractivity contribution in [2.24, 2.45) is 0 Å². The molecule has 0 saturated carbocycles. The fourth-order valence-electron chi connectivity index (χ4n) is 2.04. The van der Waals surface area contributed by atoms with Crippen LogP contribution in [-0.4, -0.2) is 37.9 Å². The molecule has 6 nitrogen and oxygen atoms in total. The van der Waals surface area contributed by atoms with Crippen molar-refractivity contribution in [1.82, 2.24) is 9.55 Å². The third-order valence-electron chi connectivity index (χ3n) is 3.23. The number of methoxy groups -OCH3 is 1. The number of sulfone groups is 1. The quantitative estimate of drug-likeness (QED) is 0.777. The van der Waals surface area contributed by atoms with E-state index in [4.69, 9.17) is 4.74 Å². The van der Waals surface area contributed by atoms with Crippen LogP contribution < -0.4 is 5.56 Å². The molecule has 1 aromatic carbocycles. The summed E-state index contributed by atoms with van der Waals surface area (Å²) in [6.07, 6.45) is 4.44. The molecule has 0 aliphatic rings. The molecule has 1 heterocycles. The number of hydrogen-bond acceptors (Lipinski definition) is 5. The van der Waals surface area contributed by atoms with E-state index in [2.05, 4.69) is 4.98 Å². The van der Waals surface area contributed by atoms with Gasteiger partial charge in [-0.3, -0.25) is 9.36 Å². The van der Waals surface area contributed by atoms with E-state index in [1.165, 1.54) is 23.0 Å². The summed E-state index contributed by atoms with van der Waals surface area (Å²) in [7, 11) is -1.76. The van der Waals surface area contributed by atoms with Crippen LogP contribution >= 0.6 is 0 Å². The first-order chi connectivity index (χ1) is 10.3. The van der Waals surface area contributed by atoms with E-state index in [9.17, 15) is 13.2 Å². The molecular weight excluding hydrogens is 304 g/mol. The molecule has 0 fully saturated rings. The van der Waals surface area contributed by atoms with Crippen LogP contribution in [0.25, 0.3) is 10.9 Å². The fourth-order valence-corrected chi connectivity index (χ4v) is 2.69. The monoisotopic (exact) mass is 322 g/mol. The molecule has 0 radical (unpaired) electrons. The second kappa shape index (κ2) is 6.41. The third kappa shape index (κ3) is 3.61. The molecule has 7 heteroatoms. The van der Waals surface area contributed by atoms with Gasteiger partial charge in [-0.25, -0.2) is 13.4 Å². The number of ether oxygens (including phenoxy) is 1. The number of hydrogen-bond donors (Lipinski definition) is 0. The summed E-state index contributed by atoms with van der Waals surface area (Å²) in [5.74, 6) is 0. The highest BCUT2D eigenvalue weighted by Crippen LogP contribution is 2.14. The Morgan fingerprint density at radius 1 is 1.41 bits per heavy atom. The van der Waals surface area contributed by atoms with Crippen LogP contribution in [0.1, 0.15) is 6.92 Å². The molecule has 0 aliphatic carbocycles. The Hall–Kier alpha value is -1.99. The van der Waals surface area contributed by atoms with Crippen LogP contribution in [0, 0.1) is 0 Å². The molecule has 0 amide bonds. The van der Waals surface area contributed by atoms with Gasteiger partial charge in [0.15, 0.2) is 9.84 Å². The molecule has 1 aromatic heterocycles. The maximum Gasteiger partial charge on any atom is 0.261 e. The second-order valence-corrected chi connectivity index (χ2v) is 7.15. The Labute approximate surface area is 129 Å². The molecule has 0 aliphatic heterocycles. The van der Waals surface area contributed by atoms with Gasteiger partial charge in [0.25, 0.3) is 5.56 Å². The SMILES string of the molecule is COCC(C)=CCn1cnc2ccc(S(C)(=O)=O)cc2c1=O. The summed E-state index contributed by atoms with van der Waals surface area (Å²) < 4.78 is 29.7. The van der Waals surface area contributed by atoms with Crippen molar-refractivity contribution in [1.29, 1.82) is 0 Å². The number of aromatic nitrogens is 2. The minimum atomic E-state index is -3.36. The Morgan fingerprint density at radius 2 is 2.14 bits per heavy atom. The number of rotatable bonds is 5. The van der Waals surface area contributed by atoms with E-state index < -0.39 is 9.84 Å². The van der Waals surface area contributed by atoms with Crippen molar-refractivity contribution >= 4 is 20.7 Å². The van der Waals surface area contributed by atoms with Crippen LogP contribution in [0.4, 0.5) is 0 Å². The third-order valence-corrected chi connectivity index (χ3v) is 4.34. The van der Waals surface area contributed by atoms with Gasteiger partial charge in [0.2, 0.25) is 0 Å². The Balaban J connectivity index is 2.49. The first-order valence-electron chi connectivity index (χ1n) is 6.67. The summed E-state index contributed by atoms with van der Waals surface area (Å²) in [4.78, 5) is 16.8. The van der Waals surface area contributed by atoms with Gasteiger partial charge in [0, 0.05) is 19.9 Å². The van der Waals surface area contributed by atoms with Gasteiger partial charge in [0.05, 0.1) is 28.7 Å². The molecule has 118 valence electrons. The summed E-state index contributed by atoms with van der Waals surface area (Å²) in [6.45, 7) is 2.76. The summed E-state index contributed by atoms with van der Waals surface area (Å²) in [5.41, 5.74) is 1.21. The Morgan fingerprint density at radius 3 is 2.77 bits per heavy atom. The minimum Gasteiger partial charge on any atom is -0.380 e. The van der Waals surface area contributed by atoms with Crippen LogP contribution in [-0.2, 0) is 21.1 Å². The van der Waals surface area contributed by atoms with Gasteiger partial charge < -0.3 is 4.74 Å². The van der Waals surface area contributed by atoms with Crippen molar-refractivity contribution in [2.45, 2.75) is 18.4 Å². The average Bonchev–Trinajstić information content (AvgIpc) is 2.45. The molecule has 0 spiro atoms. The van der Waals surface area contributed by atoms with Crippen LogP contribution in [0.3, 0.4) is 0 Å². The van der Waals surface area contributed by atoms with Crippen molar-refractivity contribution in [3.05, 3.63) is 46.5 Å². The lowest BCUT2D eigenvalue weighted by Crippen LogP contribution is -2.20. The normalized spacial score (nSPS) is 12.8. The van der Waals surface area contributed by atoms with Crippen LogP contribution in [0.5, 0.6) is 0 Å². The molecule has 0 N–H and O–H groups in total. The van der Waals surface area contributed by atoms with E-state index in [1.54, 1.807) is 13.2 Å². The summed E-state index contributed by atoms with van der Waals surface area (Å²) in [6, 6.07) is 4.38. The standard InChI is InChI=1S/C15H18N2O4S/c1-11(9-21-2)6-7-17-10-16-14-5-4-12(22(3,19)20)8-13(14)15(17)18/h4-6,8,10H,7,9H2,1-3H3. The molecule has 0 unspecified atom stereocenters. The zero-order chi connectivity index (χ0) is 16.3. The first kappa shape index (κ1) is 16.4. The van der Waals surface area contributed by atoms with Crippen molar-refractivity contribution < 1.29 is 13.2 Å². The topological polar surface area (TPSA) is 78.3 Å². The van der Waals surface area contributed by atoms with E-state index in [0.717, 1.165) is 11.8 Å². The zero-order valence-electron chi connectivity index (χ0n) is 12.7. The van der Waals surface area contributed by atoms with E-state index in [-0.39, 0.29) is 10.5 Å². The van der Waals surface area contributed by atoms with Crippen molar-refractivity contribution in [3.63, 3.8) is 0 Å². The second-order valence-electron chi connectivity index (χ2n) is 5.14. The molecule has 22 heavy (non-hydrogen) atoms. The van der Waals surface area contributed by atoms with Crippen molar-refractivity contribution in [2.75, 3.05) is 20.0 Å². The highest BCUT2D eigenvalue weighted by atomic mass is 32.2. The molecule has 0 saturated heterocycles. The largest absolute Gasteiger partial charge is 0.380 e. The van der Waals surface area contributed by atoms with Gasteiger partial charge >= 0.3 is 0 Å². The first-order valence-corrected chi connectivity index (χ1v) is 8.56. The lowest BCUT2D eigenvalue weighted by atomic mass is 10.2. The number of fused-ring (bicyclic) bond motifs is 1. The maximum atomic E-state index is 12.4. The Kier molecular flexibility index (Phi) is 4.77. The number of nitrogens with zero attached hydrogens (tertiary/aromatic N) is 2. The molecule has 2 aromatic rings. The molecule has 0 atom stereocenters. The van der Waals surface area contributed by atoms with Gasteiger partial charge in [-0.1, -0.05) is 11.6 Å². The summed E-state index contributed by atoms with van der Waals surface area (Å²) in [5, 5.41) is 0.295. The van der Waals surface area contributed by atoms with Gasteiger partial charge in [-0.15, -0.1) is 0 Å². The molecule has 2 rings (SSSR count). The summed E-state index contributed by atoms with van der Waals surface area (Å²) >= 11 is 0. The van der Waals surface area contributed by atoms with E-state index in [0.29, 0.717) is 24.1 Å². The van der Waals surface area contributed by atoms with Gasteiger partial charge in [0.1, 0.15) is 0 Å². The highest BCUT2D eigenvalue weighted by molar-refractivity contribution is 7.90. The predicted octanol–water partition coefficient (Wildman–Crippen LogP) is 1.39.